The second-order valence-corrected chi connectivity index (χ2v) is 12.1. The van der Waals surface area contributed by atoms with Gasteiger partial charge in [-0.2, -0.15) is 0 Å². The molecule has 10 heteroatoms. The van der Waals surface area contributed by atoms with Gasteiger partial charge < -0.3 is 9.30 Å². The largest absolute Gasteiger partial charge is 0.463 e. The highest BCUT2D eigenvalue weighted by Crippen LogP contribution is 2.33. The van der Waals surface area contributed by atoms with Crippen molar-refractivity contribution >= 4 is 68.8 Å². The number of rotatable bonds is 6. The fourth-order valence-corrected chi connectivity index (χ4v) is 7.33. The van der Waals surface area contributed by atoms with E-state index >= 15 is 0 Å². The van der Waals surface area contributed by atoms with Gasteiger partial charge >= 0.3 is 5.97 Å². The molecule has 3 aromatic heterocycles. The second kappa shape index (κ2) is 10.9. The summed E-state index contributed by atoms with van der Waals surface area (Å²) in [5.74, 6) is -0.458. The molecule has 40 heavy (non-hydrogen) atoms. The number of esters is 1. The smallest absolute Gasteiger partial charge is 0.338 e. The molecule has 4 heterocycles. The minimum absolute atomic E-state index is 0.200. The van der Waals surface area contributed by atoms with Crippen LogP contribution in [0.25, 0.3) is 17.0 Å². The molecule has 1 aliphatic heterocycles. The predicted molar refractivity (Wildman–Crippen MR) is 162 cm³/mol. The minimum Gasteiger partial charge on any atom is -0.463 e. The Balaban J connectivity index is 1.50. The average molecular weight is 609 g/mol. The highest BCUT2D eigenvalue weighted by atomic mass is 35.5. The third-order valence-corrected chi connectivity index (χ3v) is 9.29. The van der Waals surface area contributed by atoms with Crippen LogP contribution in [0.4, 0.5) is 0 Å². The first-order valence-corrected chi connectivity index (χ1v) is 15.1. The summed E-state index contributed by atoms with van der Waals surface area (Å²) < 4.78 is 9.63. The van der Waals surface area contributed by atoms with Gasteiger partial charge in [0.25, 0.3) is 5.56 Å². The van der Waals surface area contributed by atoms with E-state index in [4.69, 9.17) is 27.9 Å². The summed E-state index contributed by atoms with van der Waals surface area (Å²) in [5.41, 5.74) is 3.61. The number of nitrogens with zero attached hydrogens (tertiary/aromatic N) is 3. The number of halogens is 2. The number of para-hydroxylation sites is 1. The number of ether oxygens (including phenoxy) is 1. The molecule has 0 amide bonds. The molecule has 5 aromatic rings. The molecule has 0 N–H and O–H groups in total. The molecule has 6 nitrogen and oxygen atoms in total. The van der Waals surface area contributed by atoms with Crippen molar-refractivity contribution in [2.45, 2.75) is 26.4 Å². The Morgan fingerprint density at radius 2 is 1.98 bits per heavy atom. The van der Waals surface area contributed by atoms with Crippen LogP contribution in [0.2, 0.25) is 10.0 Å². The van der Waals surface area contributed by atoms with Crippen molar-refractivity contribution in [3.8, 4) is 0 Å². The molecule has 1 atom stereocenters. The minimum atomic E-state index is -0.592. The van der Waals surface area contributed by atoms with Crippen molar-refractivity contribution in [3.63, 3.8) is 0 Å². The molecule has 0 radical (unpaired) electrons. The summed E-state index contributed by atoms with van der Waals surface area (Å²) >= 11 is 15.4. The van der Waals surface area contributed by atoms with Crippen molar-refractivity contribution in [3.05, 3.63) is 123 Å². The number of benzene rings is 2. The Kier molecular flexibility index (Phi) is 7.27. The lowest BCUT2D eigenvalue weighted by atomic mass is 10.0. The van der Waals surface area contributed by atoms with Crippen LogP contribution in [-0.4, -0.2) is 21.7 Å². The first-order chi connectivity index (χ1) is 19.4. The summed E-state index contributed by atoms with van der Waals surface area (Å²) in [6.07, 6.45) is 3.93. The Morgan fingerprint density at radius 1 is 1.15 bits per heavy atom. The molecule has 0 fully saturated rings. The summed E-state index contributed by atoms with van der Waals surface area (Å²) in [7, 11) is 0. The molecule has 0 saturated carbocycles. The Labute approximate surface area is 247 Å². The van der Waals surface area contributed by atoms with Gasteiger partial charge in [0.1, 0.15) is 6.04 Å². The van der Waals surface area contributed by atoms with Crippen LogP contribution in [-0.2, 0) is 16.1 Å². The Morgan fingerprint density at radius 3 is 2.73 bits per heavy atom. The second-order valence-electron chi connectivity index (χ2n) is 9.28. The zero-order chi connectivity index (χ0) is 28.0. The van der Waals surface area contributed by atoms with Crippen LogP contribution >= 0.6 is 45.9 Å². The van der Waals surface area contributed by atoms with Crippen LogP contribution in [0, 0.1) is 0 Å². The summed E-state index contributed by atoms with van der Waals surface area (Å²) in [4.78, 5) is 33.0. The molecule has 0 spiro atoms. The maximum Gasteiger partial charge on any atom is 0.338 e. The van der Waals surface area contributed by atoms with E-state index in [1.807, 2.05) is 66.2 Å². The number of carbonyl (C=O) groups is 1. The van der Waals surface area contributed by atoms with Crippen LogP contribution in [0.15, 0.2) is 87.2 Å². The number of carbonyl (C=O) groups excluding carboxylic acids is 1. The summed E-state index contributed by atoms with van der Waals surface area (Å²) in [6, 6.07) is 16.8. The number of hydrogen-bond donors (Lipinski definition) is 0. The first kappa shape index (κ1) is 26.8. The quantitative estimate of drug-likeness (QED) is 0.217. The van der Waals surface area contributed by atoms with Gasteiger partial charge in [0, 0.05) is 44.1 Å². The Hall–Kier alpha value is -3.43. The van der Waals surface area contributed by atoms with E-state index in [9.17, 15) is 9.59 Å². The number of hydrogen-bond acceptors (Lipinski definition) is 6. The van der Waals surface area contributed by atoms with Gasteiger partial charge in [-0.3, -0.25) is 9.36 Å². The molecule has 202 valence electrons. The normalized spacial score (nSPS) is 15.4. The molecule has 6 rings (SSSR count). The van der Waals surface area contributed by atoms with Crippen LogP contribution in [0.3, 0.4) is 0 Å². The van der Waals surface area contributed by atoms with Gasteiger partial charge in [-0.25, -0.2) is 9.79 Å². The number of thiophene rings is 1. The highest BCUT2D eigenvalue weighted by molar-refractivity contribution is 7.10. The molecular weight excluding hydrogens is 585 g/mol. The molecule has 2 aromatic carbocycles. The number of thiazole rings is 1. The maximum absolute atomic E-state index is 13.9. The van der Waals surface area contributed by atoms with Crippen molar-refractivity contribution < 1.29 is 9.53 Å². The lowest BCUT2D eigenvalue weighted by Crippen LogP contribution is -2.39. The monoisotopic (exact) mass is 607 g/mol. The van der Waals surface area contributed by atoms with Gasteiger partial charge in [0.05, 0.1) is 22.4 Å². The lowest BCUT2D eigenvalue weighted by molar-refractivity contribution is -0.139. The molecule has 0 aliphatic carbocycles. The SMILES string of the molecule is CCOC(=O)C1=C(C)N=c2sc(=Cc3cn(Cc4ccc(Cl)cc4Cl)c4ccccc34)c(=O)n2C1c1cccs1. The molecule has 1 unspecified atom stereocenters. The van der Waals surface area contributed by atoms with Gasteiger partial charge in [-0.15, -0.1) is 11.3 Å². The van der Waals surface area contributed by atoms with Crippen LogP contribution < -0.4 is 14.9 Å². The van der Waals surface area contributed by atoms with Crippen LogP contribution in [0.5, 0.6) is 0 Å². The third kappa shape index (κ3) is 4.75. The first-order valence-electron chi connectivity index (χ1n) is 12.6. The van der Waals surface area contributed by atoms with E-state index < -0.39 is 12.0 Å². The van der Waals surface area contributed by atoms with Crippen molar-refractivity contribution in [1.82, 2.24) is 9.13 Å². The standard InChI is InChI=1S/C30H23Cl2N3O3S2/c1-3-38-29(37)26-17(2)33-30-35(27(26)24-9-6-12-39-24)28(36)25(40-30)13-19-16-34(23-8-5-4-7-21(19)23)15-18-10-11-20(31)14-22(18)32/h4-14,16,27H,3,15H2,1-2H3. The van der Waals surface area contributed by atoms with Gasteiger partial charge in [0.2, 0.25) is 0 Å². The van der Waals surface area contributed by atoms with Crippen molar-refractivity contribution in [1.29, 1.82) is 0 Å². The maximum atomic E-state index is 13.9. The predicted octanol–water partition coefficient (Wildman–Crippen LogP) is 6.17. The average Bonchev–Trinajstić information content (AvgIpc) is 3.65. The van der Waals surface area contributed by atoms with Gasteiger partial charge in [0.15, 0.2) is 4.80 Å². The van der Waals surface area contributed by atoms with E-state index in [1.54, 1.807) is 24.5 Å². The number of aromatic nitrogens is 2. The number of allylic oxidation sites excluding steroid dienone is 1. The molecule has 1 aliphatic rings. The summed E-state index contributed by atoms with van der Waals surface area (Å²) in [6.45, 7) is 4.34. The van der Waals surface area contributed by atoms with Gasteiger partial charge in [-0.1, -0.05) is 64.9 Å². The fourth-order valence-electron chi connectivity index (χ4n) is 5.00. The zero-order valence-corrected chi connectivity index (χ0v) is 24.7. The van der Waals surface area contributed by atoms with Crippen LogP contribution in [0.1, 0.15) is 35.9 Å². The number of fused-ring (bicyclic) bond motifs is 2. The van der Waals surface area contributed by atoms with E-state index in [-0.39, 0.29) is 12.2 Å². The van der Waals surface area contributed by atoms with Crippen molar-refractivity contribution in [2.24, 2.45) is 4.99 Å². The fraction of sp³-hybridized carbons (Fsp3) is 0.167. The van der Waals surface area contributed by atoms with Crippen molar-refractivity contribution in [2.75, 3.05) is 6.61 Å². The highest BCUT2D eigenvalue weighted by Gasteiger charge is 2.33. The topological polar surface area (TPSA) is 65.6 Å². The van der Waals surface area contributed by atoms with E-state index in [2.05, 4.69) is 9.56 Å². The molecule has 0 saturated heterocycles. The van der Waals surface area contributed by atoms with E-state index in [0.717, 1.165) is 26.9 Å². The third-order valence-electron chi connectivity index (χ3n) is 6.79. The zero-order valence-electron chi connectivity index (χ0n) is 21.6. The van der Waals surface area contributed by atoms with E-state index in [0.29, 0.717) is 37.2 Å². The molecular formula is C30H23Cl2N3O3S2. The van der Waals surface area contributed by atoms with E-state index in [1.165, 1.54) is 22.7 Å². The summed E-state index contributed by atoms with van der Waals surface area (Å²) in [5, 5.41) is 4.13. The Bertz CT molecular complexity index is 1980. The lowest BCUT2D eigenvalue weighted by Gasteiger charge is -2.23. The molecule has 0 bridgehead atoms. The van der Waals surface area contributed by atoms with Gasteiger partial charge in [-0.05, 0) is 55.1 Å².